The van der Waals surface area contributed by atoms with Crippen LogP contribution < -0.4 is 4.90 Å². The average Bonchev–Trinajstić information content (AvgIpc) is 2.69. The fraction of sp³-hybridized carbons (Fsp3) is 0.381. The molecular formula is C21H24FN3O4. The first-order chi connectivity index (χ1) is 13.7. The van der Waals surface area contributed by atoms with Crippen molar-refractivity contribution in [2.45, 2.75) is 18.9 Å². The first-order valence-corrected chi connectivity index (χ1v) is 9.31. The van der Waals surface area contributed by atoms with Crippen molar-refractivity contribution in [3.8, 4) is 0 Å². The predicted octanol–water partition coefficient (Wildman–Crippen LogP) is 1.81. The Kier molecular flexibility index (Phi) is 5.83. The molecule has 0 aliphatic carbocycles. The van der Waals surface area contributed by atoms with Crippen LogP contribution in [0.25, 0.3) is 0 Å². The van der Waals surface area contributed by atoms with Crippen molar-refractivity contribution in [2.24, 2.45) is 5.41 Å². The summed E-state index contributed by atoms with van der Waals surface area (Å²) in [5, 5.41) is 20.5. The van der Waals surface area contributed by atoms with Crippen LogP contribution in [-0.4, -0.2) is 65.3 Å². The summed E-state index contributed by atoms with van der Waals surface area (Å²) in [5.74, 6) is -1.35. The topological polar surface area (TPSA) is 94.0 Å². The van der Waals surface area contributed by atoms with Gasteiger partial charge >= 0.3 is 5.97 Å². The van der Waals surface area contributed by atoms with Gasteiger partial charge < -0.3 is 20.0 Å². The van der Waals surface area contributed by atoms with E-state index >= 15 is 0 Å². The molecule has 0 radical (unpaired) electrons. The van der Waals surface area contributed by atoms with Crippen LogP contribution in [0.2, 0.25) is 0 Å². The fourth-order valence-corrected chi connectivity index (χ4v) is 3.68. The number of carboxylic acids is 1. The predicted molar refractivity (Wildman–Crippen MR) is 105 cm³/mol. The van der Waals surface area contributed by atoms with Crippen LogP contribution >= 0.6 is 0 Å². The summed E-state index contributed by atoms with van der Waals surface area (Å²) in [5.41, 5.74) is -0.812. The summed E-state index contributed by atoms with van der Waals surface area (Å²) in [7, 11) is 3.67. The number of aliphatic hydroxyl groups excluding tert-OH is 1. The molecule has 2 atom stereocenters. The molecule has 2 heterocycles. The molecule has 0 saturated carbocycles. The molecule has 1 aromatic heterocycles. The van der Waals surface area contributed by atoms with E-state index in [9.17, 15) is 24.2 Å². The Morgan fingerprint density at radius 1 is 1.31 bits per heavy atom. The van der Waals surface area contributed by atoms with Gasteiger partial charge in [0.2, 0.25) is 0 Å². The highest BCUT2D eigenvalue weighted by Gasteiger charge is 2.50. The van der Waals surface area contributed by atoms with E-state index in [2.05, 4.69) is 4.98 Å². The van der Waals surface area contributed by atoms with E-state index in [1.807, 2.05) is 14.1 Å². The molecule has 0 spiro atoms. The van der Waals surface area contributed by atoms with Gasteiger partial charge in [0, 0.05) is 33.4 Å². The number of aliphatic hydroxyl groups is 1. The minimum Gasteiger partial charge on any atom is -0.481 e. The van der Waals surface area contributed by atoms with Crippen molar-refractivity contribution in [1.82, 2.24) is 9.88 Å². The first-order valence-electron chi connectivity index (χ1n) is 9.31. The van der Waals surface area contributed by atoms with E-state index in [1.54, 1.807) is 23.1 Å². The number of hydrogen-bond donors (Lipinski definition) is 2. The van der Waals surface area contributed by atoms with E-state index in [4.69, 9.17) is 0 Å². The number of benzene rings is 1. The third-order valence-corrected chi connectivity index (χ3v) is 5.36. The average molecular weight is 401 g/mol. The second-order valence-electron chi connectivity index (χ2n) is 7.60. The minimum absolute atomic E-state index is 0.0805. The van der Waals surface area contributed by atoms with Crippen molar-refractivity contribution in [3.63, 3.8) is 0 Å². The summed E-state index contributed by atoms with van der Waals surface area (Å²) >= 11 is 0. The fourth-order valence-electron chi connectivity index (χ4n) is 3.68. The van der Waals surface area contributed by atoms with Crippen molar-refractivity contribution < 1.29 is 24.2 Å². The van der Waals surface area contributed by atoms with Crippen LogP contribution in [0.1, 0.15) is 22.3 Å². The van der Waals surface area contributed by atoms with Crippen molar-refractivity contribution in [3.05, 3.63) is 59.5 Å². The van der Waals surface area contributed by atoms with Crippen molar-refractivity contribution in [1.29, 1.82) is 0 Å². The van der Waals surface area contributed by atoms with Gasteiger partial charge in [0.25, 0.3) is 5.91 Å². The highest BCUT2D eigenvalue weighted by Crippen LogP contribution is 2.35. The van der Waals surface area contributed by atoms with Crippen LogP contribution in [0.15, 0.2) is 42.6 Å². The zero-order valence-corrected chi connectivity index (χ0v) is 16.4. The molecule has 1 aliphatic rings. The molecule has 2 N–H and O–H groups in total. The molecule has 1 aliphatic heterocycles. The van der Waals surface area contributed by atoms with Crippen LogP contribution in [0.5, 0.6) is 0 Å². The number of pyridine rings is 1. The van der Waals surface area contributed by atoms with Gasteiger partial charge in [-0.05, 0) is 42.7 Å². The third-order valence-electron chi connectivity index (χ3n) is 5.36. The molecule has 0 unspecified atom stereocenters. The quantitative estimate of drug-likeness (QED) is 0.794. The number of aromatic nitrogens is 1. The minimum atomic E-state index is -1.61. The Morgan fingerprint density at radius 3 is 2.66 bits per heavy atom. The van der Waals surface area contributed by atoms with Crippen molar-refractivity contribution >= 4 is 17.7 Å². The Bertz CT molecular complexity index is 903. The Morgan fingerprint density at radius 2 is 2.07 bits per heavy atom. The molecule has 7 nitrogen and oxygen atoms in total. The lowest BCUT2D eigenvalue weighted by atomic mass is 9.72. The van der Waals surface area contributed by atoms with Crippen LogP contribution in [-0.2, 0) is 11.2 Å². The van der Waals surface area contributed by atoms with E-state index in [-0.39, 0.29) is 31.8 Å². The second kappa shape index (κ2) is 8.16. The normalized spacial score (nSPS) is 21.7. The Balaban J connectivity index is 1.86. The monoisotopic (exact) mass is 401 g/mol. The molecular weight excluding hydrogens is 377 g/mol. The third kappa shape index (κ3) is 4.22. The number of carbonyl (C=O) groups is 2. The maximum atomic E-state index is 13.6. The molecule has 8 heteroatoms. The molecule has 1 fully saturated rings. The van der Waals surface area contributed by atoms with E-state index < -0.39 is 23.3 Å². The van der Waals surface area contributed by atoms with Crippen LogP contribution in [0.4, 0.5) is 10.2 Å². The molecule has 2 aromatic rings. The SMILES string of the molecule is CN(C)c1ccc(C(=O)N2CC[C@H](O)[C@](Cc3cccc(F)c3)(C(=O)O)C2)cn1. The number of halogens is 1. The lowest BCUT2D eigenvalue weighted by Crippen LogP contribution is -2.58. The van der Waals surface area contributed by atoms with Gasteiger partial charge in [-0.2, -0.15) is 0 Å². The molecule has 1 aromatic carbocycles. The summed E-state index contributed by atoms with van der Waals surface area (Å²) in [4.78, 5) is 32.6. The number of piperidine rings is 1. The maximum absolute atomic E-state index is 13.6. The van der Waals surface area contributed by atoms with Gasteiger partial charge in [-0.3, -0.25) is 9.59 Å². The molecule has 1 amide bonds. The number of anilines is 1. The van der Waals surface area contributed by atoms with E-state index in [0.717, 1.165) is 0 Å². The number of carboxylic acid groups (broad SMARTS) is 1. The number of likely N-dealkylation sites (tertiary alicyclic amines) is 1. The van der Waals surface area contributed by atoms with E-state index in [0.29, 0.717) is 16.9 Å². The largest absolute Gasteiger partial charge is 0.481 e. The van der Waals surface area contributed by atoms with Crippen LogP contribution in [0.3, 0.4) is 0 Å². The van der Waals surface area contributed by atoms with Gasteiger partial charge in [-0.1, -0.05) is 12.1 Å². The van der Waals surface area contributed by atoms with Gasteiger partial charge in [-0.15, -0.1) is 0 Å². The Hall–Kier alpha value is -3.00. The number of rotatable bonds is 5. The number of hydrogen-bond acceptors (Lipinski definition) is 5. The number of nitrogens with zero attached hydrogens (tertiary/aromatic N) is 3. The molecule has 0 bridgehead atoms. The lowest BCUT2D eigenvalue weighted by Gasteiger charge is -2.43. The summed E-state index contributed by atoms with van der Waals surface area (Å²) < 4.78 is 13.6. The smallest absolute Gasteiger partial charge is 0.314 e. The number of carbonyl (C=O) groups excluding carboxylic acids is 1. The van der Waals surface area contributed by atoms with Gasteiger partial charge in [0.1, 0.15) is 17.1 Å². The molecule has 154 valence electrons. The summed E-state index contributed by atoms with van der Waals surface area (Å²) in [6.45, 7) is 0.0574. The van der Waals surface area contributed by atoms with Gasteiger partial charge in [0.15, 0.2) is 0 Å². The summed E-state index contributed by atoms with van der Waals surface area (Å²) in [6, 6.07) is 8.99. The zero-order chi connectivity index (χ0) is 21.2. The standard InChI is InChI=1S/C21H24FN3O4/c1-24(2)18-7-6-15(12-23-18)19(27)25-9-8-17(26)21(13-25,20(28)29)11-14-4-3-5-16(22)10-14/h3-7,10,12,17,26H,8-9,11,13H2,1-2H3,(H,28,29)/t17-,21+/m0/s1. The number of amides is 1. The second-order valence-corrected chi connectivity index (χ2v) is 7.60. The van der Waals surface area contributed by atoms with E-state index in [1.165, 1.54) is 29.3 Å². The molecule has 3 rings (SSSR count). The lowest BCUT2D eigenvalue weighted by molar-refractivity contribution is -0.161. The number of aliphatic carboxylic acids is 1. The maximum Gasteiger partial charge on any atom is 0.314 e. The molecule has 29 heavy (non-hydrogen) atoms. The first kappa shape index (κ1) is 20.7. The molecule has 1 saturated heterocycles. The van der Waals surface area contributed by atoms with Crippen LogP contribution in [0, 0.1) is 11.2 Å². The van der Waals surface area contributed by atoms with Crippen molar-refractivity contribution in [2.75, 3.05) is 32.1 Å². The zero-order valence-electron chi connectivity index (χ0n) is 16.4. The van der Waals surface area contributed by atoms with Gasteiger partial charge in [-0.25, -0.2) is 9.37 Å². The highest BCUT2D eigenvalue weighted by atomic mass is 19.1. The highest BCUT2D eigenvalue weighted by molar-refractivity contribution is 5.94. The summed E-state index contributed by atoms with van der Waals surface area (Å²) in [6.07, 6.45) is 0.346. The Labute approximate surface area is 168 Å². The van der Waals surface area contributed by atoms with Gasteiger partial charge in [0.05, 0.1) is 11.7 Å².